The molecule has 0 atom stereocenters. The van der Waals surface area contributed by atoms with Crippen molar-refractivity contribution >= 4 is 0 Å². The van der Waals surface area contributed by atoms with E-state index < -0.39 is 47.5 Å². The average molecular weight is 1110 g/mol. The summed E-state index contributed by atoms with van der Waals surface area (Å²) in [6.07, 6.45) is 19.2. The number of unbranched alkanes of at least 4 members (excludes halogenated alkanes) is 3. The average Bonchev–Trinajstić information content (AvgIpc) is 3.43. The van der Waals surface area contributed by atoms with Gasteiger partial charge >= 0.3 is 24.7 Å². The molecule has 4 nitrogen and oxygen atoms in total. The van der Waals surface area contributed by atoms with Crippen molar-refractivity contribution in [3.8, 4) is 0 Å². The molecule has 4 aromatic rings. The van der Waals surface area contributed by atoms with Crippen LogP contribution in [-0.2, 0) is 24.7 Å². The molecule has 16 heteroatoms. The first kappa shape index (κ1) is 64.6. The fraction of sp³-hybridized carbons (Fsp3) is 0.677. The first-order chi connectivity index (χ1) is 37.0. The molecule has 78 heavy (non-hydrogen) atoms. The largest absolute Gasteiger partial charge is 0.433 e. The molecule has 4 fully saturated rings. The second kappa shape index (κ2) is 31.1. The van der Waals surface area contributed by atoms with Gasteiger partial charge in [0, 0.05) is 24.8 Å². The van der Waals surface area contributed by atoms with Gasteiger partial charge in [0.05, 0.1) is 0 Å². The second-order valence-corrected chi connectivity index (χ2v) is 22.6. The van der Waals surface area contributed by atoms with Crippen molar-refractivity contribution in [3.63, 3.8) is 0 Å². The summed E-state index contributed by atoms with van der Waals surface area (Å²) < 4.78 is 149. The van der Waals surface area contributed by atoms with Crippen LogP contribution in [0.5, 0.6) is 0 Å². The SMILES string of the molecule is CCC1CCC(c2ccc(C(F)(F)F)nc2)CC1.CCCC1CCC(c2ccc(C(F)(F)F)nc2)CC1.CCCCC1CCC(c2ccc(C(F)(F)F)nc2)CC1.CCCCCC1CCC(c2ccc(C(F)(F)F)nc2)CC1. The molecule has 0 aliphatic heterocycles. The maximum absolute atomic E-state index is 12.5. The Morgan fingerprint density at radius 3 is 0.782 bits per heavy atom. The first-order valence-corrected chi connectivity index (χ1v) is 29.1. The summed E-state index contributed by atoms with van der Waals surface area (Å²) in [5.74, 6) is 4.80. The minimum absolute atomic E-state index is 0.391. The normalized spacial score (nSPS) is 24.1. The Morgan fingerprint density at radius 1 is 0.308 bits per heavy atom. The monoisotopic (exact) mass is 1110 g/mol. The van der Waals surface area contributed by atoms with Gasteiger partial charge in [-0.2, -0.15) is 52.7 Å². The van der Waals surface area contributed by atoms with Gasteiger partial charge in [0.15, 0.2) is 0 Å². The first-order valence-electron chi connectivity index (χ1n) is 29.1. The third-order valence-corrected chi connectivity index (χ3v) is 17.0. The van der Waals surface area contributed by atoms with Crippen LogP contribution in [-0.4, -0.2) is 19.9 Å². The number of halogens is 12. The van der Waals surface area contributed by atoms with E-state index in [1.165, 1.54) is 140 Å². The number of hydrogen-bond donors (Lipinski definition) is 0. The van der Waals surface area contributed by atoms with E-state index in [1.54, 1.807) is 24.3 Å². The van der Waals surface area contributed by atoms with Crippen LogP contribution in [0.15, 0.2) is 73.3 Å². The van der Waals surface area contributed by atoms with E-state index in [0.717, 1.165) is 122 Å². The Hall–Kier alpha value is -4.24. The maximum atomic E-state index is 12.5. The number of alkyl halides is 12. The third-order valence-electron chi connectivity index (χ3n) is 17.0. The standard InChI is InChI=1S/C17H24F3N.C16H22F3N.C15H20F3N.C14H18F3N/c1-2-3-4-5-13-6-8-14(9-7-13)15-10-11-16(21-12-15)17(18,19)20;1-2-3-4-12-5-7-13(8-6-12)14-9-10-15(20-11-14)16(17,18)19;1-2-3-11-4-6-12(7-5-11)13-8-9-14(19-10-13)15(16,17)18;1-2-10-3-5-11(6-4-10)12-7-8-13(18-9-12)14(15,16)17/h10-14H,2-9H2,1H3;9-13H,2-8H2,1H3;8-12H,2-7H2,1H3;7-11H,2-6H2,1H3. The summed E-state index contributed by atoms with van der Waals surface area (Å²) in [6, 6.07) is 10.8. The van der Waals surface area contributed by atoms with E-state index in [2.05, 4.69) is 47.6 Å². The van der Waals surface area contributed by atoms with Gasteiger partial charge in [-0.05, 0) is 197 Å². The van der Waals surface area contributed by atoms with Gasteiger partial charge in [-0.3, -0.25) is 19.9 Å². The molecule has 0 amide bonds. The van der Waals surface area contributed by atoms with Crippen molar-refractivity contribution in [1.82, 2.24) is 19.9 Å². The lowest BCUT2D eigenvalue weighted by Crippen LogP contribution is -2.14. The smallest absolute Gasteiger partial charge is 0.251 e. The number of pyridine rings is 4. The van der Waals surface area contributed by atoms with Crippen molar-refractivity contribution in [2.75, 3.05) is 0 Å². The quantitative estimate of drug-likeness (QED) is 0.0933. The highest BCUT2D eigenvalue weighted by Crippen LogP contribution is 2.42. The van der Waals surface area contributed by atoms with E-state index >= 15 is 0 Å². The van der Waals surface area contributed by atoms with Crippen LogP contribution >= 0.6 is 0 Å². The second-order valence-electron chi connectivity index (χ2n) is 22.6. The molecule has 4 aliphatic rings. The van der Waals surface area contributed by atoms with E-state index in [-0.39, 0.29) is 0 Å². The fourth-order valence-corrected chi connectivity index (χ4v) is 12.1. The van der Waals surface area contributed by atoms with Crippen LogP contribution in [0.3, 0.4) is 0 Å². The van der Waals surface area contributed by atoms with E-state index in [9.17, 15) is 52.7 Å². The Morgan fingerprint density at radius 2 is 0.564 bits per heavy atom. The zero-order valence-corrected chi connectivity index (χ0v) is 46.3. The molecule has 0 saturated heterocycles. The summed E-state index contributed by atoms with van der Waals surface area (Å²) in [7, 11) is 0. The maximum Gasteiger partial charge on any atom is 0.433 e. The molecule has 0 unspecified atom stereocenters. The lowest BCUT2D eigenvalue weighted by molar-refractivity contribution is -0.142. The van der Waals surface area contributed by atoms with Gasteiger partial charge in [-0.1, -0.05) is 116 Å². The third kappa shape index (κ3) is 21.3. The van der Waals surface area contributed by atoms with Gasteiger partial charge < -0.3 is 0 Å². The highest BCUT2D eigenvalue weighted by Gasteiger charge is 2.36. The molecule has 8 rings (SSSR count). The van der Waals surface area contributed by atoms with Crippen LogP contribution in [0.4, 0.5) is 52.7 Å². The Labute approximate surface area is 456 Å². The molecule has 0 spiro atoms. The van der Waals surface area contributed by atoms with Gasteiger partial charge in [-0.15, -0.1) is 0 Å². The molecule has 436 valence electrons. The zero-order valence-electron chi connectivity index (χ0n) is 46.3. The summed E-state index contributed by atoms with van der Waals surface area (Å²) in [4.78, 5) is 14.2. The number of aromatic nitrogens is 4. The van der Waals surface area contributed by atoms with Gasteiger partial charge in [0.1, 0.15) is 22.8 Å². The molecule has 4 aromatic heterocycles. The van der Waals surface area contributed by atoms with Crippen LogP contribution in [0.25, 0.3) is 0 Å². The molecule has 0 radical (unpaired) electrons. The molecule has 4 saturated carbocycles. The molecular weight excluding hydrogens is 1030 g/mol. The lowest BCUT2D eigenvalue weighted by Gasteiger charge is -2.28. The van der Waals surface area contributed by atoms with Crippen LogP contribution < -0.4 is 0 Å². The number of rotatable bonds is 14. The van der Waals surface area contributed by atoms with Gasteiger partial charge in [-0.25, -0.2) is 0 Å². The van der Waals surface area contributed by atoms with E-state index in [4.69, 9.17) is 0 Å². The topological polar surface area (TPSA) is 51.6 Å². The highest BCUT2D eigenvalue weighted by molar-refractivity contribution is 5.23. The Kier molecular flexibility index (Phi) is 25.7. The van der Waals surface area contributed by atoms with Gasteiger partial charge in [0.2, 0.25) is 0 Å². The molecule has 4 heterocycles. The fourth-order valence-electron chi connectivity index (χ4n) is 12.1. The number of hydrogen-bond acceptors (Lipinski definition) is 4. The van der Waals surface area contributed by atoms with Crippen LogP contribution in [0, 0.1) is 23.7 Å². The zero-order chi connectivity index (χ0) is 56.9. The van der Waals surface area contributed by atoms with Crippen molar-refractivity contribution in [2.45, 2.75) is 243 Å². The molecular formula is C62H84F12N4. The van der Waals surface area contributed by atoms with Crippen molar-refractivity contribution in [3.05, 3.63) is 118 Å². The van der Waals surface area contributed by atoms with E-state index in [0.29, 0.717) is 23.7 Å². The predicted molar refractivity (Wildman–Crippen MR) is 285 cm³/mol. The van der Waals surface area contributed by atoms with E-state index in [1.807, 2.05) is 0 Å². The predicted octanol–water partition coefficient (Wildman–Crippen LogP) is 21.5. The van der Waals surface area contributed by atoms with Crippen molar-refractivity contribution in [1.29, 1.82) is 0 Å². The summed E-state index contributed by atoms with van der Waals surface area (Å²) >= 11 is 0. The number of nitrogens with zero attached hydrogens (tertiary/aromatic N) is 4. The molecule has 4 aliphatic carbocycles. The lowest BCUT2D eigenvalue weighted by atomic mass is 9.77. The Bertz CT molecular complexity index is 2230. The molecule has 0 N–H and O–H groups in total. The summed E-state index contributed by atoms with van der Waals surface area (Å²) in [5.41, 5.74) is 0.671. The van der Waals surface area contributed by atoms with Gasteiger partial charge in [0.25, 0.3) is 0 Å². The molecule has 0 aromatic carbocycles. The minimum atomic E-state index is -4.34. The minimum Gasteiger partial charge on any atom is -0.251 e. The summed E-state index contributed by atoms with van der Waals surface area (Å²) in [5, 5.41) is 0. The van der Waals surface area contributed by atoms with Crippen molar-refractivity contribution in [2.24, 2.45) is 23.7 Å². The summed E-state index contributed by atoms with van der Waals surface area (Å²) in [6.45, 7) is 8.82. The Balaban J connectivity index is 0.000000192. The van der Waals surface area contributed by atoms with Crippen LogP contribution in [0.2, 0.25) is 0 Å². The molecule has 0 bridgehead atoms. The highest BCUT2D eigenvalue weighted by atomic mass is 19.4. The van der Waals surface area contributed by atoms with Crippen LogP contribution in [0.1, 0.15) is 263 Å². The van der Waals surface area contributed by atoms with Crippen molar-refractivity contribution < 1.29 is 52.7 Å².